The molecule has 1 aliphatic heterocycles. The Balaban J connectivity index is 1.86. The first kappa shape index (κ1) is 20.4. The lowest BCUT2D eigenvalue weighted by molar-refractivity contribution is -0.119. The molecule has 0 spiro atoms. The van der Waals surface area contributed by atoms with E-state index in [1.807, 2.05) is 6.92 Å². The Morgan fingerprint density at radius 3 is 2.61 bits per heavy atom. The summed E-state index contributed by atoms with van der Waals surface area (Å²) in [5.74, 6) is -0.0897. The van der Waals surface area contributed by atoms with Gasteiger partial charge in [-0.2, -0.15) is 0 Å². The van der Waals surface area contributed by atoms with Gasteiger partial charge in [0.2, 0.25) is 0 Å². The van der Waals surface area contributed by atoms with Crippen LogP contribution in [0.1, 0.15) is 26.2 Å². The maximum Gasteiger partial charge on any atom is 0.252 e. The van der Waals surface area contributed by atoms with Crippen molar-refractivity contribution in [2.24, 2.45) is 5.92 Å². The SMILES string of the molecule is CCCCC(=O)C1=CC2C(C(=O)Nc3c(Cl)cncc3Cl)=CC=C(OC)C2O1. The van der Waals surface area contributed by atoms with E-state index in [4.69, 9.17) is 32.7 Å². The summed E-state index contributed by atoms with van der Waals surface area (Å²) >= 11 is 12.2. The summed E-state index contributed by atoms with van der Waals surface area (Å²) in [5.41, 5.74) is 0.706. The van der Waals surface area contributed by atoms with Crippen molar-refractivity contribution < 1.29 is 19.1 Å². The van der Waals surface area contributed by atoms with Gasteiger partial charge in [-0.1, -0.05) is 36.5 Å². The predicted octanol–water partition coefficient (Wildman–Crippen LogP) is 4.46. The van der Waals surface area contributed by atoms with Crippen LogP contribution >= 0.6 is 23.2 Å². The molecule has 0 aromatic carbocycles. The molecule has 3 rings (SSSR count). The van der Waals surface area contributed by atoms with Crippen LogP contribution in [0, 0.1) is 5.92 Å². The summed E-state index contributed by atoms with van der Waals surface area (Å²) in [6.07, 6.45) is 9.34. The van der Waals surface area contributed by atoms with Crippen LogP contribution in [0.25, 0.3) is 0 Å². The largest absolute Gasteiger partial charge is 0.497 e. The van der Waals surface area contributed by atoms with E-state index in [1.54, 1.807) is 18.2 Å². The third kappa shape index (κ3) is 4.08. The number of fused-ring (bicyclic) bond motifs is 1. The van der Waals surface area contributed by atoms with Crippen molar-refractivity contribution in [1.82, 2.24) is 4.98 Å². The highest BCUT2D eigenvalue weighted by molar-refractivity contribution is 6.39. The number of nitrogens with one attached hydrogen (secondary N) is 1. The number of methoxy groups -OCH3 is 1. The maximum absolute atomic E-state index is 12.9. The molecule has 8 heteroatoms. The second kappa shape index (κ2) is 8.80. The Morgan fingerprint density at radius 2 is 1.96 bits per heavy atom. The second-order valence-corrected chi connectivity index (χ2v) is 7.26. The fourth-order valence-electron chi connectivity index (χ4n) is 3.11. The van der Waals surface area contributed by atoms with Gasteiger partial charge in [0.05, 0.1) is 28.8 Å². The lowest BCUT2D eigenvalue weighted by Gasteiger charge is -2.26. The van der Waals surface area contributed by atoms with Gasteiger partial charge in [-0.05, 0) is 24.6 Å². The first-order chi connectivity index (χ1) is 13.5. The van der Waals surface area contributed by atoms with Crippen molar-refractivity contribution in [3.63, 3.8) is 0 Å². The molecule has 1 aromatic heterocycles. The molecule has 6 nitrogen and oxygen atoms in total. The van der Waals surface area contributed by atoms with Gasteiger partial charge in [0.15, 0.2) is 17.6 Å². The number of Topliss-reactive ketones (excluding diaryl/α,β-unsaturated/α-hetero) is 1. The highest BCUT2D eigenvalue weighted by atomic mass is 35.5. The Hall–Kier alpha value is -2.31. The number of pyridine rings is 1. The Morgan fingerprint density at radius 1 is 1.25 bits per heavy atom. The van der Waals surface area contributed by atoms with Crippen LogP contribution < -0.4 is 5.32 Å². The van der Waals surface area contributed by atoms with E-state index >= 15 is 0 Å². The average molecular weight is 423 g/mol. The zero-order valence-electron chi connectivity index (χ0n) is 15.5. The van der Waals surface area contributed by atoms with Gasteiger partial charge in [0, 0.05) is 24.4 Å². The number of amides is 1. The van der Waals surface area contributed by atoms with Crippen LogP contribution in [0.3, 0.4) is 0 Å². The quantitative estimate of drug-likeness (QED) is 0.701. The van der Waals surface area contributed by atoms with Crippen molar-refractivity contribution >= 4 is 40.6 Å². The highest BCUT2D eigenvalue weighted by Gasteiger charge is 2.41. The number of halogens is 2. The maximum atomic E-state index is 12.9. The van der Waals surface area contributed by atoms with Crippen molar-refractivity contribution in [1.29, 1.82) is 0 Å². The first-order valence-electron chi connectivity index (χ1n) is 8.94. The van der Waals surface area contributed by atoms with E-state index in [0.717, 1.165) is 12.8 Å². The summed E-state index contributed by atoms with van der Waals surface area (Å²) in [4.78, 5) is 29.2. The zero-order valence-corrected chi connectivity index (χ0v) is 17.0. The number of rotatable bonds is 7. The minimum atomic E-state index is -0.556. The van der Waals surface area contributed by atoms with Crippen LogP contribution in [-0.2, 0) is 19.1 Å². The minimum absolute atomic E-state index is 0.0771. The number of hydrogen-bond donors (Lipinski definition) is 1. The molecular formula is C20H20Cl2N2O4. The molecule has 2 unspecified atom stereocenters. The Bertz CT molecular complexity index is 872. The lowest BCUT2D eigenvalue weighted by Crippen LogP contribution is -2.30. The number of anilines is 1. The summed E-state index contributed by atoms with van der Waals surface area (Å²) in [5, 5.41) is 3.19. The standard InChI is InChI=1S/C20H20Cl2N2O4/c1-3-4-5-15(25)17-8-12-11(6-7-16(27-2)19(12)28-17)20(26)24-18-13(21)9-23-10-14(18)22/h6-10,12,19H,3-5H2,1-2H3,(H,23,24,26). The predicted molar refractivity (Wildman–Crippen MR) is 107 cm³/mol. The van der Waals surface area contributed by atoms with Gasteiger partial charge in [0.25, 0.3) is 5.91 Å². The van der Waals surface area contributed by atoms with E-state index < -0.39 is 17.9 Å². The van der Waals surface area contributed by atoms with Crippen LogP contribution in [0.2, 0.25) is 10.0 Å². The number of nitrogens with zero attached hydrogens (tertiary/aromatic N) is 1. The summed E-state index contributed by atoms with van der Waals surface area (Å²) < 4.78 is 11.2. The Kier molecular flexibility index (Phi) is 6.42. The second-order valence-electron chi connectivity index (χ2n) is 6.45. The van der Waals surface area contributed by atoms with Gasteiger partial charge in [-0.15, -0.1) is 0 Å². The molecule has 0 saturated heterocycles. The van der Waals surface area contributed by atoms with E-state index in [1.165, 1.54) is 19.5 Å². The van der Waals surface area contributed by atoms with Gasteiger partial charge in [-0.3, -0.25) is 14.6 Å². The lowest BCUT2D eigenvalue weighted by atomic mass is 9.87. The van der Waals surface area contributed by atoms with Crippen molar-refractivity contribution in [2.45, 2.75) is 32.3 Å². The van der Waals surface area contributed by atoms with Crippen molar-refractivity contribution in [3.8, 4) is 0 Å². The summed E-state index contributed by atoms with van der Waals surface area (Å²) in [6.45, 7) is 2.02. The molecule has 2 heterocycles. The number of aromatic nitrogens is 1. The summed E-state index contributed by atoms with van der Waals surface area (Å²) in [7, 11) is 1.53. The number of carbonyl (C=O) groups excluding carboxylic acids is 2. The summed E-state index contributed by atoms with van der Waals surface area (Å²) in [6, 6.07) is 0. The third-order valence-electron chi connectivity index (χ3n) is 4.60. The van der Waals surface area contributed by atoms with E-state index in [9.17, 15) is 9.59 Å². The molecule has 2 aliphatic rings. The van der Waals surface area contributed by atoms with E-state index in [-0.39, 0.29) is 27.3 Å². The van der Waals surface area contributed by atoms with Crippen molar-refractivity contribution in [2.75, 3.05) is 12.4 Å². The fraction of sp³-hybridized carbons (Fsp3) is 0.350. The molecule has 0 bridgehead atoms. The number of ether oxygens (including phenoxy) is 2. The van der Waals surface area contributed by atoms with Crippen LogP contribution in [0.5, 0.6) is 0 Å². The molecule has 1 aromatic rings. The number of allylic oxidation sites excluding steroid dienone is 3. The molecular weight excluding hydrogens is 403 g/mol. The molecule has 148 valence electrons. The molecule has 0 fully saturated rings. The monoisotopic (exact) mass is 422 g/mol. The molecule has 1 aliphatic carbocycles. The molecule has 1 N–H and O–H groups in total. The molecule has 0 radical (unpaired) electrons. The minimum Gasteiger partial charge on any atom is -0.497 e. The molecule has 0 saturated carbocycles. The third-order valence-corrected chi connectivity index (χ3v) is 5.17. The highest BCUT2D eigenvalue weighted by Crippen LogP contribution is 2.39. The van der Waals surface area contributed by atoms with Crippen molar-refractivity contribution in [3.05, 3.63) is 57.8 Å². The van der Waals surface area contributed by atoms with E-state index in [0.29, 0.717) is 17.8 Å². The average Bonchev–Trinajstić information content (AvgIpc) is 3.13. The number of unbranched alkanes of at least 4 members (excludes halogenated alkanes) is 1. The topological polar surface area (TPSA) is 77.5 Å². The smallest absolute Gasteiger partial charge is 0.252 e. The van der Waals surface area contributed by atoms with Crippen LogP contribution in [0.4, 0.5) is 5.69 Å². The van der Waals surface area contributed by atoms with Crippen LogP contribution in [0.15, 0.2) is 47.7 Å². The number of ketones is 1. The van der Waals surface area contributed by atoms with E-state index in [2.05, 4.69) is 10.3 Å². The normalized spacial score (nSPS) is 20.4. The molecule has 28 heavy (non-hydrogen) atoms. The van der Waals surface area contributed by atoms with Gasteiger partial charge in [-0.25, -0.2) is 0 Å². The van der Waals surface area contributed by atoms with Gasteiger partial charge >= 0.3 is 0 Å². The Labute approximate surface area is 173 Å². The zero-order chi connectivity index (χ0) is 20.3. The van der Waals surface area contributed by atoms with Gasteiger partial charge in [0.1, 0.15) is 5.76 Å². The van der Waals surface area contributed by atoms with Gasteiger partial charge < -0.3 is 14.8 Å². The number of hydrogen-bond acceptors (Lipinski definition) is 5. The first-order valence-corrected chi connectivity index (χ1v) is 9.69. The van der Waals surface area contributed by atoms with Crippen LogP contribution in [-0.4, -0.2) is 29.9 Å². The molecule has 1 amide bonds. The fourth-order valence-corrected chi connectivity index (χ4v) is 3.57. The molecule has 2 atom stereocenters. The number of carbonyl (C=O) groups is 2.